The van der Waals surface area contributed by atoms with Crippen molar-refractivity contribution in [3.8, 4) is 22.8 Å². The molecule has 158 valence electrons. The highest BCUT2D eigenvalue weighted by atomic mass is 32.2. The number of methoxy groups -OCH3 is 1. The molecule has 2 aromatic carbocycles. The van der Waals surface area contributed by atoms with E-state index in [1.165, 1.54) is 11.8 Å². The summed E-state index contributed by atoms with van der Waals surface area (Å²) >= 11 is 1.35. The SMILES string of the molecule is COc1ccc(NC(=O)C(C)Sc2nnc(-c3ccoc3C)n2-c2ccccc2)cc1. The van der Waals surface area contributed by atoms with Crippen LogP contribution in [0.2, 0.25) is 0 Å². The number of nitrogens with one attached hydrogen (secondary N) is 1. The predicted molar refractivity (Wildman–Crippen MR) is 121 cm³/mol. The molecule has 2 heterocycles. The van der Waals surface area contributed by atoms with Crippen LogP contribution in [-0.2, 0) is 4.79 Å². The molecule has 31 heavy (non-hydrogen) atoms. The summed E-state index contributed by atoms with van der Waals surface area (Å²) in [6.07, 6.45) is 1.63. The normalized spacial score (nSPS) is 11.8. The Morgan fingerprint density at radius 2 is 1.84 bits per heavy atom. The third kappa shape index (κ3) is 4.49. The molecule has 0 fully saturated rings. The Hall–Kier alpha value is -3.52. The summed E-state index contributed by atoms with van der Waals surface area (Å²) in [5.74, 6) is 2.03. The molecule has 4 aromatic rings. The third-order valence-corrected chi connectivity index (χ3v) is 5.80. The highest BCUT2D eigenvalue weighted by molar-refractivity contribution is 8.00. The zero-order valence-corrected chi connectivity index (χ0v) is 18.2. The summed E-state index contributed by atoms with van der Waals surface area (Å²) in [5.41, 5.74) is 2.48. The van der Waals surface area contributed by atoms with Crippen molar-refractivity contribution in [3.05, 3.63) is 72.7 Å². The second-order valence-corrected chi connectivity index (χ2v) is 8.15. The smallest absolute Gasteiger partial charge is 0.237 e. The van der Waals surface area contributed by atoms with Crippen LogP contribution in [0.15, 0.2) is 76.5 Å². The molecule has 0 bridgehead atoms. The van der Waals surface area contributed by atoms with Gasteiger partial charge in [0, 0.05) is 11.4 Å². The minimum Gasteiger partial charge on any atom is -0.497 e. The molecule has 0 aliphatic heterocycles. The van der Waals surface area contributed by atoms with Crippen molar-refractivity contribution < 1.29 is 13.9 Å². The van der Waals surface area contributed by atoms with Crippen molar-refractivity contribution in [2.75, 3.05) is 12.4 Å². The number of anilines is 1. The Labute approximate surface area is 184 Å². The molecule has 8 heteroatoms. The molecule has 0 saturated carbocycles. The minimum absolute atomic E-state index is 0.126. The summed E-state index contributed by atoms with van der Waals surface area (Å²) < 4.78 is 12.6. The number of carbonyl (C=O) groups is 1. The Morgan fingerprint density at radius 1 is 1.10 bits per heavy atom. The average Bonchev–Trinajstić information content (AvgIpc) is 3.40. The standard InChI is InChI=1S/C23H22N4O3S/c1-15-20(13-14-30-15)21-25-26-23(27(21)18-7-5-4-6-8-18)31-16(2)22(28)24-17-9-11-19(29-3)12-10-17/h4-14,16H,1-3H3,(H,24,28). The zero-order valence-electron chi connectivity index (χ0n) is 17.4. The molecule has 2 aromatic heterocycles. The van der Waals surface area contributed by atoms with Crippen molar-refractivity contribution >= 4 is 23.4 Å². The number of hydrogen-bond donors (Lipinski definition) is 1. The number of furan rings is 1. The van der Waals surface area contributed by atoms with E-state index in [1.54, 1.807) is 37.6 Å². The second kappa shape index (κ2) is 9.09. The van der Waals surface area contributed by atoms with E-state index in [2.05, 4.69) is 15.5 Å². The van der Waals surface area contributed by atoms with Crippen molar-refractivity contribution in [1.29, 1.82) is 0 Å². The van der Waals surface area contributed by atoms with E-state index in [-0.39, 0.29) is 5.91 Å². The highest BCUT2D eigenvalue weighted by Crippen LogP contribution is 2.32. The number of carbonyl (C=O) groups excluding carboxylic acids is 1. The number of benzene rings is 2. The first-order chi connectivity index (χ1) is 15.1. The van der Waals surface area contributed by atoms with E-state index in [9.17, 15) is 4.79 Å². The predicted octanol–water partition coefficient (Wildman–Crippen LogP) is 4.96. The van der Waals surface area contributed by atoms with Gasteiger partial charge in [-0.1, -0.05) is 30.0 Å². The molecule has 7 nitrogen and oxygen atoms in total. The number of hydrogen-bond acceptors (Lipinski definition) is 6. The number of aromatic nitrogens is 3. The van der Waals surface area contributed by atoms with Crippen LogP contribution in [0.3, 0.4) is 0 Å². The van der Waals surface area contributed by atoms with Gasteiger partial charge in [0.05, 0.1) is 24.2 Å². The number of aryl methyl sites for hydroxylation is 1. The lowest BCUT2D eigenvalue weighted by Gasteiger charge is -2.14. The lowest BCUT2D eigenvalue weighted by atomic mass is 10.2. The van der Waals surface area contributed by atoms with Gasteiger partial charge in [-0.2, -0.15) is 0 Å². The quantitative estimate of drug-likeness (QED) is 0.414. The molecule has 4 rings (SSSR count). The van der Waals surface area contributed by atoms with Crippen LogP contribution < -0.4 is 10.1 Å². The van der Waals surface area contributed by atoms with Crippen LogP contribution in [-0.4, -0.2) is 33.0 Å². The second-order valence-electron chi connectivity index (χ2n) is 6.85. The average molecular weight is 435 g/mol. The monoisotopic (exact) mass is 434 g/mol. The van der Waals surface area contributed by atoms with Gasteiger partial charge in [0.25, 0.3) is 0 Å². The van der Waals surface area contributed by atoms with Gasteiger partial charge in [-0.05, 0) is 56.3 Å². The molecular formula is C23H22N4O3S. The Bertz CT molecular complexity index is 1170. The maximum absolute atomic E-state index is 12.8. The van der Waals surface area contributed by atoms with Gasteiger partial charge < -0.3 is 14.5 Å². The summed E-state index contributed by atoms with van der Waals surface area (Å²) in [5, 5.41) is 11.9. The largest absolute Gasteiger partial charge is 0.497 e. The van der Waals surface area contributed by atoms with Crippen molar-refractivity contribution in [1.82, 2.24) is 14.8 Å². The number of para-hydroxylation sites is 1. The topological polar surface area (TPSA) is 82.2 Å². The van der Waals surface area contributed by atoms with E-state index >= 15 is 0 Å². The summed E-state index contributed by atoms with van der Waals surface area (Å²) in [6, 6.07) is 18.9. The van der Waals surface area contributed by atoms with Crippen LogP contribution in [0, 0.1) is 6.92 Å². The first kappa shape index (κ1) is 20.7. The van der Waals surface area contributed by atoms with Crippen LogP contribution in [0.25, 0.3) is 17.1 Å². The van der Waals surface area contributed by atoms with Crippen LogP contribution in [0.4, 0.5) is 5.69 Å². The van der Waals surface area contributed by atoms with E-state index < -0.39 is 5.25 Å². The lowest BCUT2D eigenvalue weighted by Crippen LogP contribution is -2.22. The molecule has 1 atom stereocenters. The molecule has 1 amide bonds. The fraction of sp³-hybridized carbons (Fsp3) is 0.174. The summed E-state index contributed by atoms with van der Waals surface area (Å²) in [7, 11) is 1.61. The minimum atomic E-state index is -0.396. The van der Waals surface area contributed by atoms with Crippen molar-refractivity contribution in [2.45, 2.75) is 24.3 Å². The van der Waals surface area contributed by atoms with E-state index in [1.807, 2.05) is 54.8 Å². The fourth-order valence-corrected chi connectivity index (χ4v) is 3.94. The first-order valence-electron chi connectivity index (χ1n) is 9.73. The molecule has 0 saturated heterocycles. The number of ether oxygens (including phenoxy) is 1. The maximum Gasteiger partial charge on any atom is 0.237 e. The molecule has 1 N–H and O–H groups in total. The molecular weight excluding hydrogens is 412 g/mol. The Balaban J connectivity index is 1.59. The highest BCUT2D eigenvalue weighted by Gasteiger charge is 2.23. The number of thioether (sulfide) groups is 1. The van der Waals surface area contributed by atoms with Gasteiger partial charge in [0.15, 0.2) is 11.0 Å². The number of amides is 1. The Morgan fingerprint density at radius 3 is 2.48 bits per heavy atom. The van der Waals surface area contributed by atoms with E-state index in [0.717, 1.165) is 22.8 Å². The van der Waals surface area contributed by atoms with Crippen LogP contribution >= 0.6 is 11.8 Å². The molecule has 0 spiro atoms. The van der Waals surface area contributed by atoms with Gasteiger partial charge >= 0.3 is 0 Å². The van der Waals surface area contributed by atoms with Gasteiger partial charge in [0.2, 0.25) is 5.91 Å². The van der Waals surface area contributed by atoms with Crippen LogP contribution in [0.5, 0.6) is 5.75 Å². The number of nitrogens with zero attached hydrogens (tertiary/aromatic N) is 3. The molecule has 0 radical (unpaired) electrons. The van der Waals surface area contributed by atoms with Crippen molar-refractivity contribution in [2.24, 2.45) is 0 Å². The lowest BCUT2D eigenvalue weighted by molar-refractivity contribution is -0.115. The Kier molecular flexibility index (Phi) is 6.08. The maximum atomic E-state index is 12.8. The fourth-order valence-electron chi connectivity index (χ4n) is 3.08. The first-order valence-corrected chi connectivity index (χ1v) is 10.6. The van der Waals surface area contributed by atoms with E-state index in [0.29, 0.717) is 16.7 Å². The van der Waals surface area contributed by atoms with Gasteiger partial charge in [-0.15, -0.1) is 10.2 Å². The van der Waals surface area contributed by atoms with Crippen LogP contribution in [0.1, 0.15) is 12.7 Å². The third-order valence-electron chi connectivity index (χ3n) is 4.76. The molecule has 0 aliphatic carbocycles. The van der Waals surface area contributed by atoms with Crippen molar-refractivity contribution in [3.63, 3.8) is 0 Å². The molecule has 0 aliphatic rings. The van der Waals surface area contributed by atoms with Gasteiger partial charge in [-0.25, -0.2) is 0 Å². The molecule has 1 unspecified atom stereocenters. The van der Waals surface area contributed by atoms with Gasteiger partial charge in [-0.3, -0.25) is 9.36 Å². The summed E-state index contributed by atoms with van der Waals surface area (Å²) in [6.45, 7) is 3.73. The number of rotatable bonds is 7. The zero-order chi connectivity index (χ0) is 21.8. The summed E-state index contributed by atoms with van der Waals surface area (Å²) in [4.78, 5) is 12.8. The van der Waals surface area contributed by atoms with Gasteiger partial charge in [0.1, 0.15) is 11.5 Å². The van der Waals surface area contributed by atoms with E-state index in [4.69, 9.17) is 9.15 Å².